The Bertz CT molecular complexity index is 492. The predicted octanol–water partition coefficient (Wildman–Crippen LogP) is 1.08. The van der Waals surface area contributed by atoms with E-state index in [1.807, 2.05) is 0 Å². The minimum atomic E-state index is -0.124. The Kier molecular flexibility index (Phi) is 1.94. The molecule has 0 atom stereocenters. The third-order valence-electron chi connectivity index (χ3n) is 2.55. The first kappa shape index (κ1) is 8.60. The van der Waals surface area contributed by atoms with E-state index in [-0.39, 0.29) is 20.5 Å². The van der Waals surface area contributed by atoms with Crippen molar-refractivity contribution in [1.29, 1.82) is 0 Å². The zero-order valence-electron chi connectivity index (χ0n) is 7.51. The molecule has 0 saturated heterocycles. The van der Waals surface area contributed by atoms with E-state index in [1.165, 1.54) is 11.1 Å². The number of nitrogens with zero attached hydrogens (tertiary/aromatic N) is 1. The van der Waals surface area contributed by atoms with Gasteiger partial charge in [-0.2, -0.15) is 0 Å². The fourth-order valence-electron chi connectivity index (χ4n) is 1.93. The van der Waals surface area contributed by atoms with Crippen LogP contribution in [-0.4, -0.2) is 25.3 Å². The van der Waals surface area contributed by atoms with Crippen molar-refractivity contribution in [2.24, 2.45) is 0 Å². The Morgan fingerprint density at radius 2 is 2.36 bits per heavy atom. The Hall–Kier alpha value is -0.701. The van der Waals surface area contributed by atoms with E-state index in [2.05, 4.69) is 9.30 Å². The molecule has 0 radical (unpaired) electrons. The van der Waals surface area contributed by atoms with Gasteiger partial charge in [0.2, 0.25) is 0 Å². The van der Waals surface area contributed by atoms with Crippen LogP contribution in [0.15, 0.2) is 12.1 Å². The van der Waals surface area contributed by atoms with Crippen molar-refractivity contribution in [1.82, 2.24) is 9.30 Å². The van der Waals surface area contributed by atoms with Crippen molar-refractivity contribution in [3.8, 4) is 0 Å². The van der Waals surface area contributed by atoms with Gasteiger partial charge in [-0.15, -0.1) is 0 Å². The van der Waals surface area contributed by atoms with Crippen molar-refractivity contribution < 1.29 is 4.39 Å². The van der Waals surface area contributed by atoms with Gasteiger partial charge < -0.3 is 0 Å². The molecule has 1 aromatic heterocycles. The van der Waals surface area contributed by atoms with Crippen LogP contribution in [0.25, 0.3) is 9.65 Å². The van der Waals surface area contributed by atoms with Gasteiger partial charge in [0.25, 0.3) is 0 Å². The van der Waals surface area contributed by atoms with E-state index in [0.717, 1.165) is 29.3 Å². The van der Waals surface area contributed by atoms with Crippen molar-refractivity contribution in [2.45, 2.75) is 13.0 Å². The average molecular weight is 255 g/mol. The molecule has 2 nitrogen and oxygen atoms in total. The summed E-state index contributed by atoms with van der Waals surface area (Å²) in [7, 11) is 0. The molecule has 3 rings (SSSR count). The number of halogens is 1. The Labute approximate surface area is 87.1 Å². The molecule has 0 amide bonds. The third kappa shape index (κ3) is 1.22. The summed E-state index contributed by atoms with van der Waals surface area (Å²) in [6.45, 7) is 1.72. The van der Waals surface area contributed by atoms with Gasteiger partial charge in [-0.3, -0.25) is 0 Å². The maximum atomic E-state index is 13.2. The monoisotopic (exact) mass is 256 g/mol. The first-order valence-electron chi connectivity index (χ1n) is 4.62. The molecular formula is C10H9FN2Se. The van der Waals surface area contributed by atoms with Crippen LogP contribution in [-0.2, 0) is 13.0 Å². The standard InChI is InChI=1S/C10H9FN2Se/c11-7-3-6-5-12-2-1-8-10(6)9(4-7)14-13-8/h3-4,12H,1-2,5H2. The molecule has 0 unspecified atom stereocenters. The summed E-state index contributed by atoms with van der Waals surface area (Å²) in [6.07, 6.45) is 0.980. The van der Waals surface area contributed by atoms with Gasteiger partial charge in [0.1, 0.15) is 0 Å². The second kappa shape index (κ2) is 3.16. The zero-order chi connectivity index (χ0) is 9.54. The summed E-state index contributed by atoms with van der Waals surface area (Å²) in [5, 5.41) is 4.51. The molecule has 1 N–H and O–H groups in total. The van der Waals surface area contributed by atoms with Crippen LogP contribution in [0.4, 0.5) is 4.39 Å². The van der Waals surface area contributed by atoms with Gasteiger partial charge in [0, 0.05) is 0 Å². The molecular weight excluding hydrogens is 246 g/mol. The molecule has 0 bridgehead atoms. The number of hydrogen-bond acceptors (Lipinski definition) is 2. The average Bonchev–Trinajstić information content (AvgIpc) is 2.43. The summed E-state index contributed by atoms with van der Waals surface area (Å²) in [5.74, 6) is -0.124. The topological polar surface area (TPSA) is 24.9 Å². The predicted molar refractivity (Wildman–Crippen MR) is 54.1 cm³/mol. The molecule has 2 aromatic rings. The quantitative estimate of drug-likeness (QED) is 0.712. The van der Waals surface area contributed by atoms with Crippen molar-refractivity contribution in [3.05, 3.63) is 29.2 Å². The first-order chi connectivity index (χ1) is 6.84. The maximum absolute atomic E-state index is 13.2. The van der Waals surface area contributed by atoms with Crippen LogP contribution in [0.3, 0.4) is 0 Å². The molecule has 1 aliphatic heterocycles. The Balaban J connectivity index is 2.39. The summed E-state index contributed by atoms with van der Waals surface area (Å²) >= 11 is 0.110. The van der Waals surface area contributed by atoms with Gasteiger partial charge in [-0.05, 0) is 0 Å². The fraction of sp³-hybridized carbons (Fsp3) is 0.300. The van der Waals surface area contributed by atoms with Crippen LogP contribution in [0.2, 0.25) is 0 Å². The second-order valence-corrected chi connectivity index (χ2v) is 5.18. The normalized spacial score (nSPS) is 15.8. The van der Waals surface area contributed by atoms with Gasteiger partial charge in [-0.1, -0.05) is 0 Å². The molecule has 4 heteroatoms. The molecule has 0 saturated carbocycles. The number of nitrogens with one attached hydrogen (secondary N) is 1. The minimum absolute atomic E-state index is 0.110. The second-order valence-electron chi connectivity index (χ2n) is 3.49. The molecule has 1 aromatic carbocycles. The van der Waals surface area contributed by atoms with E-state index in [0.29, 0.717) is 0 Å². The van der Waals surface area contributed by atoms with E-state index in [9.17, 15) is 4.39 Å². The Morgan fingerprint density at radius 1 is 1.43 bits per heavy atom. The van der Waals surface area contributed by atoms with E-state index in [1.54, 1.807) is 12.1 Å². The van der Waals surface area contributed by atoms with Gasteiger partial charge in [0.05, 0.1) is 0 Å². The first-order valence-corrected chi connectivity index (χ1v) is 6.24. The third-order valence-corrected chi connectivity index (χ3v) is 4.29. The molecule has 2 heterocycles. The fourth-order valence-corrected chi connectivity index (χ4v) is 3.81. The van der Waals surface area contributed by atoms with E-state index < -0.39 is 0 Å². The molecule has 14 heavy (non-hydrogen) atoms. The zero-order valence-corrected chi connectivity index (χ0v) is 9.22. The number of rotatable bonds is 0. The van der Waals surface area contributed by atoms with Crippen LogP contribution in [0.5, 0.6) is 0 Å². The van der Waals surface area contributed by atoms with E-state index >= 15 is 0 Å². The van der Waals surface area contributed by atoms with Crippen molar-refractivity contribution >= 4 is 24.4 Å². The molecule has 72 valence electrons. The number of hydrogen-bond donors (Lipinski definition) is 1. The number of benzene rings is 1. The van der Waals surface area contributed by atoms with Gasteiger partial charge in [0.15, 0.2) is 0 Å². The van der Waals surface area contributed by atoms with Crippen LogP contribution < -0.4 is 5.32 Å². The van der Waals surface area contributed by atoms with Crippen LogP contribution >= 0.6 is 0 Å². The SMILES string of the molecule is Fc1cc2c3c(n[se]c3c1)CCNC2. The molecule has 0 spiro atoms. The van der Waals surface area contributed by atoms with Crippen LogP contribution in [0, 0.1) is 5.82 Å². The molecule has 0 fully saturated rings. The summed E-state index contributed by atoms with van der Waals surface area (Å²) in [4.78, 5) is 0. The summed E-state index contributed by atoms with van der Waals surface area (Å²) in [5.41, 5.74) is 2.26. The molecule has 1 aliphatic rings. The van der Waals surface area contributed by atoms with Crippen molar-refractivity contribution in [3.63, 3.8) is 0 Å². The Morgan fingerprint density at radius 3 is 3.29 bits per heavy atom. The van der Waals surface area contributed by atoms with Crippen molar-refractivity contribution in [2.75, 3.05) is 6.54 Å². The van der Waals surface area contributed by atoms with Crippen LogP contribution in [0.1, 0.15) is 11.3 Å². The van der Waals surface area contributed by atoms with E-state index in [4.69, 9.17) is 0 Å². The molecule has 0 aliphatic carbocycles. The number of aromatic nitrogens is 1. The summed E-state index contributed by atoms with van der Waals surface area (Å²) in [6, 6.07) is 3.27. The van der Waals surface area contributed by atoms with Gasteiger partial charge >= 0.3 is 86.8 Å². The van der Waals surface area contributed by atoms with Gasteiger partial charge in [-0.25, -0.2) is 0 Å². The summed E-state index contributed by atoms with van der Waals surface area (Å²) < 4.78 is 18.8.